The summed E-state index contributed by atoms with van der Waals surface area (Å²) in [5, 5.41) is 2.66. The summed E-state index contributed by atoms with van der Waals surface area (Å²) < 4.78 is 25.7. The molecule has 0 radical (unpaired) electrons. The van der Waals surface area contributed by atoms with Gasteiger partial charge in [0.2, 0.25) is 5.91 Å². The molecule has 1 amide bonds. The molecular weight excluding hydrogens is 270 g/mol. The highest BCUT2D eigenvalue weighted by molar-refractivity contribution is 7.80. The average Bonchev–Trinajstić information content (AvgIpc) is 2.31. The standard InChI is InChI=1S/C13H16F2N2OS/c1-13(2,12(16)19)7-17-11(18)6-8-3-4-9(14)10(15)5-8/h3-5H,6-7H2,1-2H3,(H2,16,19)(H,17,18). The molecule has 1 aromatic rings. The second-order valence-corrected chi connectivity index (χ2v) is 5.39. The largest absolute Gasteiger partial charge is 0.393 e. The van der Waals surface area contributed by atoms with Crippen molar-refractivity contribution in [2.24, 2.45) is 11.1 Å². The molecule has 0 bridgehead atoms. The molecule has 0 aliphatic rings. The molecular formula is C13H16F2N2OS. The number of thiocarbonyl (C=S) groups is 1. The van der Waals surface area contributed by atoms with E-state index < -0.39 is 17.0 Å². The molecule has 0 aromatic heterocycles. The molecule has 1 aromatic carbocycles. The molecule has 0 atom stereocenters. The number of halogens is 2. The van der Waals surface area contributed by atoms with Crippen molar-refractivity contribution in [1.82, 2.24) is 5.32 Å². The van der Waals surface area contributed by atoms with Crippen LogP contribution >= 0.6 is 12.2 Å². The monoisotopic (exact) mass is 286 g/mol. The summed E-state index contributed by atoms with van der Waals surface area (Å²) in [7, 11) is 0. The summed E-state index contributed by atoms with van der Waals surface area (Å²) in [6, 6.07) is 3.38. The van der Waals surface area contributed by atoms with Gasteiger partial charge in [-0.15, -0.1) is 0 Å². The number of rotatable bonds is 5. The van der Waals surface area contributed by atoms with Gasteiger partial charge < -0.3 is 11.1 Å². The first kappa shape index (κ1) is 15.5. The quantitative estimate of drug-likeness (QED) is 0.813. The van der Waals surface area contributed by atoms with E-state index in [-0.39, 0.29) is 12.3 Å². The molecule has 6 heteroatoms. The van der Waals surface area contributed by atoms with Crippen LogP contribution in [0.2, 0.25) is 0 Å². The third-order valence-corrected chi connectivity index (χ3v) is 3.30. The first-order valence-electron chi connectivity index (χ1n) is 5.73. The van der Waals surface area contributed by atoms with Crippen molar-refractivity contribution < 1.29 is 13.6 Å². The van der Waals surface area contributed by atoms with Gasteiger partial charge in [-0.1, -0.05) is 32.1 Å². The zero-order valence-corrected chi connectivity index (χ0v) is 11.6. The SMILES string of the molecule is CC(C)(CNC(=O)Cc1ccc(F)c(F)c1)C(N)=S. The van der Waals surface area contributed by atoms with E-state index in [1.165, 1.54) is 6.07 Å². The molecule has 0 spiro atoms. The molecule has 19 heavy (non-hydrogen) atoms. The highest BCUT2D eigenvalue weighted by Gasteiger charge is 2.22. The second kappa shape index (κ2) is 6.06. The number of benzene rings is 1. The van der Waals surface area contributed by atoms with Crippen LogP contribution in [0.5, 0.6) is 0 Å². The molecule has 0 aliphatic heterocycles. The average molecular weight is 286 g/mol. The van der Waals surface area contributed by atoms with E-state index in [1.54, 1.807) is 0 Å². The van der Waals surface area contributed by atoms with Crippen LogP contribution in [0.15, 0.2) is 18.2 Å². The zero-order chi connectivity index (χ0) is 14.6. The Kier molecular flexibility index (Phi) is 4.94. The lowest BCUT2D eigenvalue weighted by molar-refractivity contribution is -0.120. The molecule has 0 saturated carbocycles. The minimum atomic E-state index is -0.964. The summed E-state index contributed by atoms with van der Waals surface area (Å²) in [5.41, 5.74) is 5.45. The van der Waals surface area contributed by atoms with Gasteiger partial charge in [-0.25, -0.2) is 8.78 Å². The second-order valence-electron chi connectivity index (χ2n) is 4.95. The van der Waals surface area contributed by atoms with E-state index in [1.807, 2.05) is 13.8 Å². The van der Waals surface area contributed by atoms with Crippen LogP contribution < -0.4 is 11.1 Å². The maximum Gasteiger partial charge on any atom is 0.224 e. The van der Waals surface area contributed by atoms with Gasteiger partial charge >= 0.3 is 0 Å². The number of amides is 1. The predicted octanol–water partition coefficient (Wildman–Crippen LogP) is 1.94. The van der Waals surface area contributed by atoms with Crippen LogP contribution in [0.1, 0.15) is 19.4 Å². The van der Waals surface area contributed by atoms with Crippen molar-refractivity contribution in [3.8, 4) is 0 Å². The first-order valence-corrected chi connectivity index (χ1v) is 6.14. The number of carbonyl (C=O) groups is 1. The smallest absolute Gasteiger partial charge is 0.224 e. The molecule has 0 heterocycles. The van der Waals surface area contributed by atoms with Gasteiger partial charge in [-0.05, 0) is 17.7 Å². The Morgan fingerprint density at radius 2 is 2.00 bits per heavy atom. The molecule has 0 aliphatic carbocycles. The Labute approximate surface area is 116 Å². The third-order valence-electron chi connectivity index (χ3n) is 2.74. The molecule has 0 unspecified atom stereocenters. The minimum Gasteiger partial charge on any atom is -0.393 e. The van der Waals surface area contributed by atoms with Gasteiger partial charge in [0.05, 0.1) is 11.4 Å². The fourth-order valence-corrected chi connectivity index (χ4v) is 1.38. The van der Waals surface area contributed by atoms with Gasteiger partial charge in [0.1, 0.15) is 0 Å². The predicted molar refractivity (Wildman–Crippen MR) is 73.6 cm³/mol. The van der Waals surface area contributed by atoms with Crippen molar-refractivity contribution >= 4 is 23.1 Å². The summed E-state index contributed by atoms with van der Waals surface area (Å²) >= 11 is 4.88. The van der Waals surface area contributed by atoms with E-state index in [0.717, 1.165) is 12.1 Å². The lowest BCUT2D eigenvalue weighted by atomic mass is 9.93. The van der Waals surface area contributed by atoms with Crippen molar-refractivity contribution in [3.05, 3.63) is 35.4 Å². The Balaban J connectivity index is 2.56. The van der Waals surface area contributed by atoms with E-state index in [2.05, 4.69) is 5.32 Å². The van der Waals surface area contributed by atoms with Crippen LogP contribution in [0.4, 0.5) is 8.78 Å². The van der Waals surface area contributed by atoms with Crippen molar-refractivity contribution in [1.29, 1.82) is 0 Å². The summed E-state index contributed by atoms with van der Waals surface area (Å²) in [6.07, 6.45) is -0.0232. The Morgan fingerprint density at radius 3 is 2.53 bits per heavy atom. The zero-order valence-electron chi connectivity index (χ0n) is 10.8. The topological polar surface area (TPSA) is 55.1 Å². The maximum atomic E-state index is 13.0. The lowest BCUT2D eigenvalue weighted by Crippen LogP contribution is -2.41. The molecule has 0 fully saturated rings. The normalized spacial score (nSPS) is 11.2. The van der Waals surface area contributed by atoms with Crippen LogP contribution in [-0.2, 0) is 11.2 Å². The fraction of sp³-hybridized carbons (Fsp3) is 0.385. The summed E-state index contributed by atoms with van der Waals surface area (Å²) in [5.74, 6) is -2.19. The number of hydrogen-bond donors (Lipinski definition) is 2. The van der Waals surface area contributed by atoms with Crippen LogP contribution in [0.25, 0.3) is 0 Å². The highest BCUT2D eigenvalue weighted by atomic mass is 32.1. The van der Waals surface area contributed by atoms with Crippen molar-refractivity contribution in [3.63, 3.8) is 0 Å². The van der Waals surface area contributed by atoms with E-state index in [9.17, 15) is 13.6 Å². The molecule has 104 valence electrons. The lowest BCUT2D eigenvalue weighted by Gasteiger charge is -2.23. The number of hydrogen-bond acceptors (Lipinski definition) is 2. The summed E-state index contributed by atoms with van der Waals surface area (Å²) in [4.78, 5) is 12.0. The van der Waals surface area contributed by atoms with E-state index >= 15 is 0 Å². The van der Waals surface area contributed by atoms with Gasteiger partial charge in [-0.3, -0.25) is 4.79 Å². The van der Waals surface area contributed by atoms with Gasteiger partial charge in [0, 0.05) is 12.0 Å². The number of carbonyl (C=O) groups excluding carboxylic acids is 1. The van der Waals surface area contributed by atoms with Crippen molar-refractivity contribution in [2.75, 3.05) is 6.54 Å². The number of nitrogens with one attached hydrogen (secondary N) is 1. The molecule has 3 N–H and O–H groups in total. The summed E-state index contributed by atoms with van der Waals surface area (Å²) in [6.45, 7) is 3.92. The third kappa shape index (κ3) is 4.55. The van der Waals surface area contributed by atoms with Gasteiger partial charge in [0.15, 0.2) is 11.6 Å². The van der Waals surface area contributed by atoms with Crippen LogP contribution in [0.3, 0.4) is 0 Å². The van der Waals surface area contributed by atoms with Gasteiger partial charge in [0.25, 0.3) is 0 Å². The maximum absolute atomic E-state index is 13.0. The van der Waals surface area contributed by atoms with E-state index in [0.29, 0.717) is 17.1 Å². The minimum absolute atomic E-state index is 0.0232. The number of nitrogens with two attached hydrogens (primary N) is 1. The van der Waals surface area contributed by atoms with E-state index in [4.69, 9.17) is 18.0 Å². The van der Waals surface area contributed by atoms with Gasteiger partial charge in [-0.2, -0.15) is 0 Å². The Hall–Kier alpha value is -1.56. The molecule has 0 saturated heterocycles. The fourth-order valence-electron chi connectivity index (χ4n) is 1.30. The van der Waals surface area contributed by atoms with Crippen LogP contribution in [-0.4, -0.2) is 17.4 Å². The Bertz CT molecular complexity index is 503. The molecule has 1 rings (SSSR count). The van der Waals surface area contributed by atoms with Crippen molar-refractivity contribution in [2.45, 2.75) is 20.3 Å². The van der Waals surface area contributed by atoms with Crippen LogP contribution in [0, 0.1) is 17.0 Å². The Morgan fingerprint density at radius 1 is 1.37 bits per heavy atom. The molecule has 3 nitrogen and oxygen atoms in total. The highest BCUT2D eigenvalue weighted by Crippen LogP contribution is 2.14. The first-order chi connectivity index (χ1) is 8.72.